The summed E-state index contributed by atoms with van der Waals surface area (Å²) < 4.78 is 21.1. The van der Waals surface area contributed by atoms with Crippen molar-refractivity contribution < 1.29 is 38.1 Å². The van der Waals surface area contributed by atoms with Crippen LogP contribution in [0.5, 0.6) is 0 Å². The molecule has 10 unspecified atom stereocenters. The van der Waals surface area contributed by atoms with Crippen molar-refractivity contribution in [2.75, 3.05) is 0 Å². The first-order valence-corrected chi connectivity index (χ1v) is 10.9. The van der Waals surface area contributed by atoms with E-state index < -0.39 is 5.97 Å². The summed E-state index contributed by atoms with van der Waals surface area (Å²) in [5.41, 5.74) is 0.392. The van der Waals surface area contributed by atoms with Gasteiger partial charge in [-0.15, -0.1) is 0 Å². The maximum atomic E-state index is 11.5. The quantitative estimate of drug-likeness (QED) is 0.377. The van der Waals surface area contributed by atoms with E-state index in [-0.39, 0.29) is 66.0 Å². The third-order valence-electron chi connectivity index (χ3n) is 7.84. The third-order valence-corrected chi connectivity index (χ3v) is 7.84. The molecule has 0 amide bonds. The lowest BCUT2D eigenvalue weighted by Gasteiger charge is -2.25. The first kappa shape index (κ1) is 20.3. The Kier molecular flexibility index (Phi) is 4.71. The predicted octanol–water partition coefficient (Wildman–Crippen LogP) is 1.72. The summed E-state index contributed by atoms with van der Waals surface area (Å²) in [6.07, 6.45) is 3.83. The molecular formula is C23H26O8. The smallest absolute Gasteiger partial charge is 0.333 e. The van der Waals surface area contributed by atoms with Crippen molar-refractivity contribution in [1.82, 2.24) is 0 Å². The van der Waals surface area contributed by atoms with Gasteiger partial charge in [0.2, 0.25) is 0 Å². The first-order chi connectivity index (χ1) is 14.8. The molecular weight excluding hydrogens is 404 g/mol. The van der Waals surface area contributed by atoms with E-state index >= 15 is 0 Å². The van der Waals surface area contributed by atoms with E-state index in [0.29, 0.717) is 17.4 Å². The van der Waals surface area contributed by atoms with E-state index in [4.69, 9.17) is 18.9 Å². The average Bonchev–Trinajstić information content (AvgIpc) is 3.52. The van der Waals surface area contributed by atoms with Crippen molar-refractivity contribution in [2.24, 2.45) is 35.5 Å². The van der Waals surface area contributed by atoms with E-state index in [9.17, 15) is 19.2 Å². The number of hydrogen-bond donors (Lipinski definition) is 0. The number of carbonyl (C=O) groups excluding carboxylic acids is 4. The summed E-state index contributed by atoms with van der Waals surface area (Å²) in [4.78, 5) is 45.5. The molecule has 31 heavy (non-hydrogen) atoms. The molecule has 2 heterocycles. The Morgan fingerprint density at radius 1 is 0.903 bits per heavy atom. The Morgan fingerprint density at radius 2 is 1.39 bits per heavy atom. The van der Waals surface area contributed by atoms with Crippen molar-refractivity contribution >= 4 is 23.9 Å². The van der Waals surface area contributed by atoms with Crippen molar-refractivity contribution in [3.8, 4) is 0 Å². The summed E-state index contributed by atoms with van der Waals surface area (Å²) in [5, 5.41) is 0. The standard InChI is InChI=1S/C12H14O4.C11H12O4/c1-5(2)11(13)15-9-6-3-7-8(4-6)12(14)16-10(7)9;1-2-8(12)14-9-5-3-6-7(4-5)11(13)15-10(6)9/h6-10H,1,3-4H2,2H3;2,5-7,9-10H,1,3-4H2. The molecule has 10 atom stereocenters. The zero-order valence-electron chi connectivity index (χ0n) is 17.4. The van der Waals surface area contributed by atoms with Crippen LogP contribution in [0.4, 0.5) is 0 Å². The number of carbonyl (C=O) groups is 4. The van der Waals surface area contributed by atoms with Crippen LogP contribution in [0.2, 0.25) is 0 Å². The molecule has 166 valence electrons. The van der Waals surface area contributed by atoms with E-state index in [0.717, 1.165) is 31.8 Å². The maximum Gasteiger partial charge on any atom is 0.333 e. The summed E-state index contributed by atoms with van der Waals surface area (Å²) in [6.45, 7) is 8.54. The lowest BCUT2D eigenvalue weighted by Crippen LogP contribution is -2.36. The normalized spacial score (nSPS) is 44.3. The highest BCUT2D eigenvalue weighted by molar-refractivity contribution is 5.87. The summed E-state index contributed by atoms with van der Waals surface area (Å²) in [6, 6.07) is 0. The number of hydrogen-bond acceptors (Lipinski definition) is 8. The number of ether oxygens (including phenoxy) is 4. The molecule has 6 rings (SSSR count). The molecule has 2 saturated heterocycles. The van der Waals surface area contributed by atoms with Crippen molar-refractivity contribution in [3.05, 3.63) is 24.8 Å². The number of esters is 4. The highest BCUT2D eigenvalue weighted by atomic mass is 16.6. The Labute approximate surface area is 179 Å². The third kappa shape index (κ3) is 3.10. The van der Waals surface area contributed by atoms with Crippen molar-refractivity contribution in [1.29, 1.82) is 0 Å². The molecule has 0 radical (unpaired) electrons. The van der Waals surface area contributed by atoms with Gasteiger partial charge in [0.15, 0.2) is 0 Å². The van der Waals surface area contributed by atoms with Gasteiger partial charge in [-0.05, 0) is 32.6 Å². The monoisotopic (exact) mass is 430 g/mol. The second-order valence-corrected chi connectivity index (χ2v) is 9.56. The van der Waals surface area contributed by atoms with E-state index in [1.165, 1.54) is 0 Å². The number of rotatable bonds is 4. The van der Waals surface area contributed by atoms with Crippen LogP contribution in [0.3, 0.4) is 0 Å². The van der Waals surface area contributed by atoms with Gasteiger partial charge in [-0.25, -0.2) is 9.59 Å². The van der Waals surface area contributed by atoms with Crippen LogP contribution in [-0.4, -0.2) is 48.3 Å². The predicted molar refractivity (Wildman–Crippen MR) is 104 cm³/mol. The van der Waals surface area contributed by atoms with Gasteiger partial charge in [0, 0.05) is 35.3 Å². The van der Waals surface area contributed by atoms with Gasteiger partial charge >= 0.3 is 23.9 Å². The Hall–Kier alpha value is -2.64. The van der Waals surface area contributed by atoms with Gasteiger partial charge < -0.3 is 18.9 Å². The zero-order chi connectivity index (χ0) is 22.0. The molecule has 8 nitrogen and oxygen atoms in total. The Balaban J connectivity index is 0.000000132. The van der Waals surface area contributed by atoms with Crippen LogP contribution in [0.1, 0.15) is 32.6 Å². The van der Waals surface area contributed by atoms with Gasteiger partial charge in [-0.2, -0.15) is 0 Å². The van der Waals surface area contributed by atoms with E-state index in [1.807, 2.05) is 0 Å². The van der Waals surface area contributed by atoms with Crippen LogP contribution in [-0.2, 0) is 38.1 Å². The van der Waals surface area contributed by atoms with E-state index in [1.54, 1.807) is 6.92 Å². The average molecular weight is 430 g/mol. The Morgan fingerprint density at radius 3 is 1.84 bits per heavy atom. The van der Waals surface area contributed by atoms with Crippen LogP contribution in [0.15, 0.2) is 24.8 Å². The fourth-order valence-electron chi connectivity index (χ4n) is 6.54. The molecule has 0 aromatic rings. The lowest BCUT2D eigenvalue weighted by atomic mass is 9.88. The minimum atomic E-state index is -0.424. The highest BCUT2D eigenvalue weighted by Crippen LogP contribution is 2.56. The second-order valence-electron chi connectivity index (χ2n) is 9.56. The zero-order valence-corrected chi connectivity index (χ0v) is 17.4. The molecule has 8 heteroatoms. The van der Waals surface area contributed by atoms with Gasteiger partial charge in [-0.1, -0.05) is 13.2 Å². The molecule has 0 N–H and O–H groups in total. The molecule has 0 aromatic carbocycles. The minimum absolute atomic E-state index is 0.0646. The van der Waals surface area contributed by atoms with Crippen LogP contribution in [0, 0.1) is 35.5 Å². The molecule has 4 bridgehead atoms. The van der Waals surface area contributed by atoms with Gasteiger partial charge in [0.25, 0.3) is 0 Å². The van der Waals surface area contributed by atoms with Crippen LogP contribution in [0.25, 0.3) is 0 Å². The highest BCUT2D eigenvalue weighted by Gasteiger charge is 2.64. The fraction of sp³-hybridized carbons (Fsp3) is 0.652. The van der Waals surface area contributed by atoms with Crippen molar-refractivity contribution in [3.63, 3.8) is 0 Å². The fourth-order valence-corrected chi connectivity index (χ4v) is 6.54. The molecule has 4 aliphatic carbocycles. The van der Waals surface area contributed by atoms with Crippen molar-refractivity contribution in [2.45, 2.75) is 57.0 Å². The Bertz CT molecular complexity index is 877. The largest absolute Gasteiger partial charge is 0.458 e. The molecule has 0 spiro atoms. The van der Waals surface area contributed by atoms with Crippen LogP contribution < -0.4 is 0 Å². The molecule has 2 aliphatic heterocycles. The second kappa shape index (κ2) is 7.21. The van der Waals surface area contributed by atoms with Gasteiger partial charge in [-0.3, -0.25) is 9.59 Å². The maximum absolute atomic E-state index is 11.5. The minimum Gasteiger partial charge on any atom is -0.458 e. The number of fused-ring (bicyclic) bond motifs is 2. The lowest BCUT2D eigenvalue weighted by molar-refractivity contribution is -0.158. The molecule has 6 fully saturated rings. The van der Waals surface area contributed by atoms with Gasteiger partial charge in [0.05, 0.1) is 11.8 Å². The first-order valence-electron chi connectivity index (χ1n) is 10.9. The summed E-state index contributed by atoms with van der Waals surface area (Å²) >= 11 is 0. The molecule has 6 aliphatic rings. The SMILES string of the molecule is C=C(C)C(=O)OC1C2CC3C(=O)OC1C3C2.C=CC(=O)OC1C2CC3C(=O)OC1C3C2. The van der Waals surface area contributed by atoms with Crippen LogP contribution >= 0.6 is 0 Å². The summed E-state index contributed by atoms with van der Waals surface area (Å²) in [7, 11) is 0. The van der Waals surface area contributed by atoms with E-state index in [2.05, 4.69) is 13.2 Å². The van der Waals surface area contributed by atoms with Gasteiger partial charge in [0.1, 0.15) is 24.4 Å². The molecule has 0 aromatic heterocycles. The topological polar surface area (TPSA) is 105 Å². The summed E-state index contributed by atoms with van der Waals surface area (Å²) in [5.74, 6) is 0.286. The molecule has 4 saturated carbocycles.